The third-order valence-corrected chi connectivity index (χ3v) is 2.52. The Labute approximate surface area is 110 Å². The van der Waals surface area contributed by atoms with Crippen molar-refractivity contribution < 1.29 is 14.3 Å². The zero-order valence-electron chi connectivity index (χ0n) is 11.4. The van der Waals surface area contributed by atoms with Gasteiger partial charge in [0.1, 0.15) is 11.6 Å². The molecular formula is C14H23NO3. The molecule has 0 fully saturated rings. The predicted molar refractivity (Wildman–Crippen MR) is 69.6 cm³/mol. The molecule has 4 heteroatoms. The Morgan fingerprint density at radius 3 is 2.50 bits per heavy atom. The van der Waals surface area contributed by atoms with E-state index in [4.69, 9.17) is 14.7 Å². The van der Waals surface area contributed by atoms with Crippen molar-refractivity contribution in [3.8, 4) is 6.07 Å². The molecule has 0 aromatic heterocycles. The zero-order valence-corrected chi connectivity index (χ0v) is 11.4. The van der Waals surface area contributed by atoms with Crippen LogP contribution in [0.4, 0.5) is 0 Å². The smallest absolute Gasteiger partial charge is 0.350 e. The third-order valence-electron chi connectivity index (χ3n) is 2.52. The summed E-state index contributed by atoms with van der Waals surface area (Å²) in [5, 5.41) is 8.53. The van der Waals surface area contributed by atoms with E-state index in [9.17, 15) is 4.79 Å². The number of rotatable bonds is 10. The van der Waals surface area contributed by atoms with E-state index < -0.39 is 12.3 Å². The monoisotopic (exact) mass is 253 g/mol. The van der Waals surface area contributed by atoms with E-state index in [0.717, 1.165) is 12.8 Å². The van der Waals surface area contributed by atoms with Crippen LogP contribution in [0.3, 0.4) is 0 Å². The second-order valence-corrected chi connectivity index (χ2v) is 4.08. The number of ether oxygens (including phenoxy) is 2. The number of nitrogens with zero attached hydrogens (tertiary/aromatic N) is 1. The van der Waals surface area contributed by atoms with Gasteiger partial charge in [0.15, 0.2) is 0 Å². The van der Waals surface area contributed by atoms with Crippen LogP contribution in [0.15, 0.2) is 12.2 Å². The highest BCUT2D eigenvalue weighted by molar-refractivity contribution is 5.91. The first-order valence-corrected chi connectivity index (χ1v) is 6.57. The van der Waals surface area contributed by atoms with Gasteiger partial charge in [0.2, 0.25) is 6.29 Å². The lowest BCUT2D eigenvalue weighted by molar-refractivity contribution is -0.174. The summed E-state index contributed by atoms with van der Waals surface area (Å²) in [6, 6.07) is 1.67. The van der Waals surface area contributed by atoms with Crippen LogP contribution in [-0.4, -0.2) is 18.9 Å². The number of unbranched alkanes of at least 4 members (excludes halogenated alkanes) is 4. The van der Waals surface area contributed by atoms with Gasteiger partial charge < -0.3 is 9.47 Å². The van der Waals surface area contributed by atoms with Crippen molar-refractivity contribution in [2.24, 2.45) is 0 Å². The quantitative estimate of drug-likeness (QED) is 0.197. The van der Waals surface area contributed by atoms with E-state index in [0.29, 0.717) is 13.0 Å². The van der Waals surface area contributed by atoms with Crippen molar-refractivity contribution in [1.82, 2.24) is 0 Å². The van der Waals surface area contributed by atoms with Crippen molar-refractivity contribution in [1.29, 1.82) is 5.26 Å². The van der Waals surface area contributed by atoms with Gasteiger partial charge in [0.05, 0.1) is 0 Å². The predicted octanol–water partition coefficient (Wildman–Crippen LogP) is 3.33. The first-order valence-electron chi connectivity index (χ1n) is 6.57. The molecule has 4 nitrogen and oxygen atoms in total. The Balaban J connectivity index is 3.95. The highest BCUT2D eigenvalue weighted by Gasteiger charge is 2.16. The van der Waals surface area contributed by atoms with E-state index in [-0.39, 0.29) is 5.57 Å². The second-order valence-electron chi connectivity index (χ2n) is 4.08. The Morgan fingerprint density at radius 2 is 1.94 bits per heavy atom. The minimum atomic E-state index is -0.690. The normalized spacial score (nSPS) is 11.6. The van der Waals surface area contributed by atoms with Crippen LogP contribution in [0.25, 0.3) is 0 Å². The molecule has 0 N–H and O–H groups in total. The maximum Gasteiger partial charge on any atom is 0.350 e. The number of esters is 1. The molecule has 0 aromatic rings. The summed E-state index contributed by atoms with van der Waals surface area (Å²) in [5.41, 5.74) is -0.189. The van der Waals surface area contributed by atoms with Crippen molar-refractivity contribution in [3.05, 3.63) is 12.2 Å². The average molecular weight is 253 g/mol. The summed E-state index contributed by atoms with van der Waals surface area (Å²) in [6.45, 7) is 7.80. The minimum absolute atomic E-state index is 0.189. The average Bonchev–Trinajstić information content (AvgIpc) is 2.37. The number of carbonyl (C=O) groups is 1. The molecule has 0 rings (SSSR count). The first kappa shape index (κ1) is 16.7. The fourth-order valence-corrected chi connectivity index (χ4v) is 1.51. The molecular weight excluding hydrogens is 230 g/mol. The van der Waals surface area contributed by atoms with Gasteiger partial charge in [-0.3, -0.25) is 0 Å². The van der Waals surface area contributed by atoms with Crippen molar-refractivity contribution in [3.63, 3.8) is 0 Å². The third kappa shape index (κ3) is 7.86. The standard InChI is InChI=1S/C14H23NO3/c1-4-6-7-8-9-10-13(17-5-2)18-14(16)12(3)11-15/h13H,3-10H2,1-2H3. The molecule has 0 amide bonds. The fourth-order valence-electron chi connectivity index (χ4n) is 1.51. The highest BCUT2D eigenvalue weighted by atomic mass is 16.7. The summed E-state index contributed by atoms with van der Waals surface area (Å²) < 4.78 is 10.4. The number of hydrogen-bond donors (Lipinski definition) is 0. The topological polar surface area (TPSA) is 59.3 Å². The molecule has 0 aliphatic heterocycles. The SMILES string of the molecule is C=C(C#N)C(=O)OC(CCCCCCC)OCC. The van der Waals surface area contributed by atoms with Crippen LogP contribution in [0.1, 0.15) is 52.4 Å². The lowest BCUT2D eigenvalue weighted by Crippen LogP contribution is -2.22. The maximum absolute atomic E-state index is 11.4. The van der Waals surface area contributed by atoms with Gasteiger partial charge in [0.25, 0.3) is 0 Å². The molecule has 0 radical (unpaired) electrons. The van der Waals surface area contributed by atoms with E-state index >= 15 is 0 Å². The molecule has 0 heterocycles. The van der Waals surface area contributed by atoms with Gasteiger partial charge in [0, 0.05) is 13.0 Å². The summed E-state index contributed by atoms with van der Waals surface area (Å²) in [5.74, 6) is -0.690. The molecule has 18 heavy (non-hydrogen) atoms. The van der Waals surface area contributed by atoms with Gasteiger partial charge in [-0.2, -0.15) is 5.26 Å². The lowest BCUT2D eigenvalue weighted by atomic mass is 10.1. The fraction of sp³-hybridized carbons (Fsp3) is 0.714. The van der Waals surface area contributed by atoms with Crippen LogP contribution < -0.4 is 0 Å². The van der Waals surface area contributed by atoms with E-state index in [1.54, 1.807) is 6.07 Å². The molecule has 0 aliphatic carbocycles. The summed E-state index contributed by atoms with van der Waals surface area (Å²) in [6.07, 6.45) is 5.78. The summed E-state index contributed by atoms with van der Waals surface area (Å²) >= 11 is 0. The van der Waals surface area contributed by atoms with Crippen LogP contribution in [0, 0.1) is 11.3 Å². The first-order chi connectivity index (χ1) is 8.65. The lowest BCUT2D eigenvalue weighted by Gasteiger charge is -2.17. The molecule has 102 valence electrons. The van der Waals surface area contributed by atoms with Crippen LogP contribution >= 0.6 is 0 Å². The molecule has 1 atom stereocenters. The zero-order chi connectivity index (χ0) is 13.8. The highest BCUT2D eigenvalue weighted by Crippen LogP contribution is 2.12. The second kappa shape index (κ2) is 10.8. The largest absolute Gasteiger partial charge is 0.432 e. The van der Waals surface area contributed by atoms with Crippen molar-refractivity contribution in [2.45, 2.75) is 58.7 Å². The van der Waals surface area contributed by atoms with Crippen molar-refractivity contribution >= 4 is 5.97 Å². The Hall–Kier alpha value is -1.34. The molecule has 0 aromatic carbocycles. The van der Waals surface area contributed by atoms with Gasteiger partial charge in [-0.25, -0.2) is 4.79 Å². The molecule has 1 unspecified atom stereocenters. The molecule has 0 saturated heterocycles. The number of hydrogen-bond acceptors (Lipinski definition) is 4. The summed E-state index contributed by atoms with van der Waals surface area (Å²) in [7, 11) is 0. The van der Waals surface area contributed by atoms with Gasteiger partial charge in [-0.1, -0.05) is 39.2 Å². The van der Waals surface area contributed by atoms with Crippen LogP contribution in [0.2, 0.25) is 0 Å². The van der Waals surface area contributed by atoms with Gasteiger partial charge >= 0.3 is 5.97 Å². The molecule has 0 saturated carbocycles. The Kier molecular flexibility index (Phi) is 9.99. The van der Waals surface area contributed by atoms with Gasteiger partial charge in [-0.15, -0.1) is 0 Å². The van der Waals surface area contributed by atoms with E-state index in [1.807, 2.05) is 6.92 Å². The molecule has 0 spiro atoms. The minimum Gasteiger partial charge on any atom is -0.432 e. The molecule has 0 bridgehead atoms. The Bertz CT molecular complexity index is 294. The van der Waals surface area contributed by atoms with Crippen LogP contribution in [0.5, 0.6) is 0 Å². The maximum atomic E-state index is 11.4. The van der Waals surface area contributed by atoms with E-state index in [2.05, 4.69) is 13.5 Å². The molecule has 0 aliphatic rings. The van der Waals surface area contributed by atoms with Crippen LogP contribution in [-0.2, 0) is 14.3 Å². The number of carbonyl (C=O) groups excluding carboxylic acids is 1. The number of nitriles is 1. The van der Waals surface area contributed by atoms with E-state index in [1.165, 1.54) is 19.3 Å². The van der Waals surface area contributed by atoms with Gasteiger partial charge in [-0.05, 0) is 13.3 Å². The Morgan fingerprint density at radius 1 is 1.28 bits per heavy atom. The summed E-state index contributed by atoms with van der Waals surface area (Å²) in [4.78, 5) is 11.4. The van der Waals surface area contributed by atoms with Crippen molar-refractivity contribution in [2.75, 3.05) is 6.61 Å².